The molecule has 0 spiro atoms. The summed E-state index contributed by atoms with van der Waals surface area (Å²) in [7, 11) is 2.09. The maximum atomic E-state index is 11.6. The van der Waals surface area contributed by atoms with Gasteiger partial charge in [0.05, 0.1) is 6.54 Å². The number of cyclic esters (lactones) is 1. The van der Waals surface area contributed by atoms with Crippen LogP contribution in [0.5, 0.6) is 0 Å². The second-order valence-corrected chi connectivity index (χ2v) is 5.42. The van der Waals surface area contributed by atoms with Gasteiger partial charge in [-0.3, -0.25) is 0 Å². The first-order valence-corrected chi connectivity index (χ1v) is 6.67. The van der Waals surface area contributed by atoms with Gasteiger partial charge in [0.25, 0.3) is 0 Å². The van der Waals surface area contributed by atoms with E-state index in [4.69, 9.17) is 4.74 Å². The minimum atomic E-state index is -0.138. The van der Waals surface area contributed by atoms with E-state index in [1.807, 2.05) is 4.90 Å². The Morgan fingerprint density at radius 3 is 2.82 bits per heavy atom. The molecule has 4 nitrogen and oxygen atoms in total. The number of amides is 1. The van der Waals surface area contributed by atoms with Crippen LogP contribution in [0.2, 0.25) is 0 Å². The Morgan fingerprint density at radius 2 is 2.24 bits per heavy atom. The van der Waals surface area contributed by atoms with E-state index in [0.29, 0.717) is 5.92 Å². The van der Waals surface area contributed by atoms with E-state index in [-0.39, 0.29) is 12.2 Å². The summed E-state index contributed by atoms with van der Waals surface area (Å²) in [6, 6.07) is 0. The summed E-state index contributed by atoms with van der Waals surface area (Å²) >= 11 is 0. The van der Waals surface area contributed by atoms with E-state index in [1.165, 1.54) is 0 Å². The maximum Gasteiger partial charge on any atom is 0.410 e. The Bertz CT molecular complexity index is 244. The normalized spacial score (nSPS) is 20.5. The van der Waals surface area contributed by atoms with Gasteiger partial charge in [-0.05, 0) is 19.4 Å². The monoisotopic (exact) mass is 242 g/mol. The van der Waals surface area contributed by atoms with Gasteiger partial charge in [0, 0.05) is 19.6 Å². The predicted molar refractivity (Wildman–Crippen MR) is 69.1 cm³/mol. The number of ether oxygens (including phenoxy) is 1. The number of carbonyl (C=O) groups is 1. The zero-order valence-electron chi connectivity index (χ0n) is 11.6. The van der Waals surface area contributed by atoms with E-state index < -0.39 is 0 Å². The first-order chi connectivity index (χ1) is 8.02. The number of carbonyl (C=O) groups excluding carboxylic acids is 1. The molecule has 0 aromatic carbocycles. The van der Waals surface area contributed by atoms with Crippen molar-refractivity contribution < 1.29 is 9.53 Å². The average molecular weight is 242 g/mol. The molecule has 1 fully saturated rings. The number of rotatable bonds is 7. The van der Waals surface area contributed by atoms with Crippen molar-refractivity contribution in [2.75, 3.05) is 33.2 Å². The van der Waals surface area contributed by atoms with Crippen LogP contribution in [0.1, 0.15) is 33.6 Å². The molecule has 1 aliphatic rings. The summed E-state index contributed by atoms with van der Waals surface area (Å²) in [6.45, 7) is 10.0. The molecule has 4 heteroatoms. The van der Waals surface area contributed by atoms with Crippen LogP contribution >= 0.6 is 0 Å². The Labute approximate surface area is 105 Å². The quantitative estimate of drug-likeness (QED) is 0.686. The molecule has 1 aliphatic heterocycles. The van der Waals surface area contributed by atoms with Crippen LogP contribution in [0.3, 0.4) is 0 Å². The molecule has 0 N–H and O–H groups in total. The molecule has 0 aliphatic carbocycles. The van der Waals surface area contributed by atoms with Crippen molar-refractivity contribution in [2.45, 2.75) is 39.7 Å². The van der Waals surface area contributed by atoms with E-state index in [0.717, 1.165) is 39.0 Å². The molecule has 1 rings (SSSR count). The Kier molecular flexibility index (Phi) is 5.75. The second kappa shape index (κ2) is 6.84. The summed E-state index contributed by atoms with van der Waals surface area (Å²) < 4.78 is 5.37. The van der Waals surface area contributed by atoms with Gasteiger partial charge in [-0.1, -0.05) is 27.2 Å². The van der Waals surface area contributed by atoms with Crippen molar-refractivity contribution in [1.29, 1.82) is 0 Å². The topological polar surface area (TPSA) is 32.8 Å². The van der Waals surface area contributed by atoms with Crippen LogP contribution in [0.4, 0.5) is 4.79 Å². The van der Waals surface area contributed by atoms with Crippen LogP contribution in [0, 0.1) is 5.92 Å². The molecule has 0 unspecified atom stereocenters. The molecule has 0 aromatic heterocycles. The lowest BCUT2D eigenvalue weighted by atomic mass is 10.2. The molecule has 0 aromatic rings. The fourth-order valence-corrected chi connectivity index (χ4v) is 2.25. The first-order valence-electron chi connectivity index (χ1n) is 6.67. The molecule has 1 amide bonds. The number of nitrogens with zero attached hydrogens (tertiary/aromatic N) is 2. The third-order valence-corrected chi connectivity index (χ3v) is 2.92. The van der Waals surface area contributed by atoms with Crippen molar-refractivity contribution >= 4 is 6.09 Å². The number of hydrogen-bond acceptors (Lipinski definition) is 3. The summed E-state index contributed by atoms with van der Waals surface area (Å²) in [5.74, 6) is 0.647. The Morgan fingerprint density at radius 1 is 1.53 bits per heavy atom. The highest BCUT2D eigenvalue weighted by Gasteiger charge is 2.31. The zero-order valence-corrected chi connectivity index (χ0v) is 11.6. The van der Waals surface area contributed by atoms with Gasteiger partial charge in [0.15, 0.2) is 0 Å². The van der Waals surface area contributed by atoms with E-state index >= 15 is 0 Å². The highest BCUT2D eigenvalue weighted by molar-refractivity contribution is 5.69. The molecule has 0 radical (unpaired) electrons. The smallest absolute Gasteiger partial charge is 0.410 e. The van der Waals surface area contributed by atoms with Crippen LogP contribution in [-0.2, 0) is 4.74 Å². The largest absolute Gasteiger partial charge is 0.443 e. The van der Waals surface area contributed by atoms with Crippen molar-refractivity contribution in [2.24, 2.45) is 5.92 Å². The van der Waals surface area contributed by atoms with Crippen molar-refractivity contribution in [3.63, 3.8) is 0 Å². The third kappa shape index (κ3) is 4.94. The number of hydrogen-bond donors (Lipinski definition) is 0. The van der Waals surface area contributed by atoms with Crippen LogP contribution in [0.15, 0.2) is 0 Å². The Balaban J connectivity index is 2.30. The van der Waals surface area contributed by atoms with Gasteiger partial charge < -0.3 is 14.5 Å². The van der Waals surface area contributed by atoms with Gasteiger partial charge in [-0.25, -0.2) is 4.79 Å². The molecular formula is C13H26N2O2. The standard InChI is InChI=1S/C13H26N2O2/c1-5-6-7-15-10-12(17-13(15)16)9-14(4)8-11(2)3/h11-12H,5-10H2,1-4H3/t12-/m0/s1. The summed E-state index contributed by atoms with van der Waals surface area (Å²) in [5, 5.41) is 0. The van der Waals surface area contributed by atoms with Gasteiger partial charge in [-0.2, -0.15) is 0 Å². The molecule has 17 heavy (non-hydrogen) atoms. The molecule has 1 atom stereocenters. The minimum Gasteiger partial charge on any atom is -0.443 e. The van der Waals surface area contributed by atoms with Crippen molar-refractivity contribution in [3.05, 3.63) is 0 Å². The predicted octanol–water partition coefficient (Wildman–Crippen LogP) is 2.20. The highest BCUT2D eigenvalue weighted by Crippen LogP contribution is 2.13. The van der Waals surface area contributed by atoms with Crippen LogP contribution in [0.25, 0.3) is 0 Å². The SMILES string of the molecule is CCCCN1C[C@H](CN(C)CC(C)C)OC1=O. The van der Waals surface area contributed by atoms with Crippen molar-refractivity contribution in [1.82, 2.24) is 9.80 Å². The zero-order chi connectivity index (χ0) is 12.8. The molecule has 1 saturated heterocycles. The van der Waals surface area contributed by atoms with E-state index in [9.17, 15) is 4.79 Å². The van der Waals surface area contributed by atoms with E-state index in [2.05, 4.69) is 32.7 Å². The minimum absolute atomic E-state index is 0.0445. The average Bonchev–Trinajstić information content (AvgIpc) is 2.54. The lowest BCUT2D eigenvalue weighted by Gasteiger charge is -2.21. The number of unbranched alkanes of at least 4 members (excludes halogenated alkanes) is 1. The lowest BCUT2D eigenvalue weighted by Crippen LogP contribution is -2.34. The van der Waals surface area contributed by atoms with Crippen LogP contribution in [-0.4, -0.2) is 55.2 Å². The first kappa shape index (κ1) is 14.3. The van der Waals surface area contributed by atoms with Gasteiger partial charge >= 0.3 is 6.09 Å². The fourth-order valence-electron chi connectivity index (χ4n) is 2.25. The summed E-state index contributed by atoms with van der Waals surface area (Å²) in [4.78, 5) is 15.7. The van der Waals surface area contributed by atoms with Gasteiger partial charge in [0.1, 0.15) is 6.10 Å². The summed E-state index contributed by atoms with van der Waals surface area (Å²) in [5.41, 5.74) is 0. The van der Waals surface area contributed by atoms with Gasteiger partial charge in [0.2, 0.25) is 0 Å². The molecule has 100 valence electrons. The van der Waals surface area contributed by atoms with Crippen LogP contribution < -0.4 is 0 Å². The molecular weight excluding hydrogens is 216 g/mol. The summed E-state index contributed by atoms with van der Waals surface area (Å²) in [6.07, 6.45) is 2.08. The highest BCUT2D eigenvalue weighted by atomic mass is 16.6. The molecule has 0 saturated carbocycles. The van der Waals surface area contributed by atoms with Crippen molar-refractivity contribution in [3.8, 4) is 0 Å². The fraction of sp³-hybridized carbons (Fsp3) is 0.923. The van der Waals surface area contributed by atoms with Gasteiger partial charge in [-0.15, -0.1) is 0 Å². The molecule has 0 bridgehead atoms. The third-order valence-electron chi connectivity index (χ3n) is 2.92. The second-order valence-electron chi connectivity index (χ2n) is 5.42. The maximum absolute atomic E-state index is 11.6. The lowest BCUT2D eigenvalue weighted by molar-refractivity contribution is 0.110. The Hall–Kier alpha value is -0.770. The number of likely N-dealkylation sites (N-methyl/N-ethyl adjacent to an activating group) is 1. The van der Waals surface area contributed by atoms with E-state index in [1.54, 1.807) is 0 Å². The molecule has 1 heterocycles.